The van der Waals surface area contributed by atoms with Gasteiger partial charge in [0.05, 0.1) is 25.9 Å². The summed E-state index contributed by atoms with van der Waals surface area (Å²) in [6, 6.07) is 13.1. The van der Waals surface area contributed by atoms with Gasteiger partial charge in [0, 0.05) is 7.11 Å². The molecule has 0 aromatic heterocycles. The second-order valence-electron chi connectivity index (χ2n) is 4.87. The Morgan fingerprint density at radius 1 is 0.917 bits per heavy atom. The molecule has 0 radical (unpaired) electrons. The number of nitriles is 1. The minimum atomic E-state index is 0.104. The van der Waals surface area contributed by atoms with E-state index in [4.69, 9.17) is 24.2 Å². The van der Waals surface area contributed by atoms with Gasteiger partial charge in [-0.2, -0.15) is 5.26 Å². The molecule has 0 aliphatic rings. The van der Waals surface area contributed by atoms with E-state index in [1.54, 1.807) is 33.5 Å². The Morgan fingerprint density at radius 3 is 2.00 bits per heavy atom. The van der Waals surface area contributed by atoms with Crippen molar-refractivity contribution in [1.29, 1.82) is 5.26 Å². The van der Waals surface area contributed by atoms with E-state index in [0.717, 1.165) is 11.1 Å². The molecule has 2 aromatic carbocycles. The summed E-state index contributed by atoms with van der Waals surface area (Å²) in [6.07, 6.45) is 3.89. The summed E-state index contributed by atoms with van der Waals surface area (Å²) in [6.45, 7) is 0.104. The fraction of sp³-hybridized carbons (Fsp3) is 0.211. The Hall–Kier alpha value is -2.97. The summed E-state index contributed by atoms with van der Waals surface area (Å²) < 4.78 is 21.2. The van der Waals surface area contributed by atoms with Gasteiger partial charge >= 0.3 is 0 Å². The van der Waals surface area contributed by atoms with E-state index in [1.165, 1.54) is 0 Å². The fourth-order valence-corrected chi connectivity index (χ4v) is 2.12. The van der Waals surface area contributed by atoms with Crippen molar-refractivity contribution in [1.82, 2.24) is 0 Å². The second-order valence-corrected chi connectivity index (χ2v) is 4.87. The quantitative estimate of drug-likeness (QED) is 0.573. The van der Waals surface area contributed by atoms with Gasteiger partial charge in [0.1, 0.15) is 0 Å². The first kappa shape index (κ1) is 17.4. The largest absolute Gasteiger partial charge is 0.493 e. The maximum absolute atomic E-state index is 8.82. The Balaban J connectivity index is 2.29. The number of rotatable bonds is 7. The SMILES string of the molecule is COCOc1c(OC)cc(/C=C/c2ccc(C#N)cc2)cc1OC. The lowest BCUT2D eigenvalue weighted by molar-refractivity contribution is 0.0471. The summed E-state index contributed by atoms with van der Waals surface area (Å²) in [5, 5.41) is 8.82. The minimum Gasteiger partial charge on any atom is -0.493 e. The first-order valence-corrected chi connectivity index (χ1v) is 7.27. The van der Waals surface area contributed by atoms with Crippen molar-refractivity contribution < 1.29 is 18.9 Å². The summed E-state index contributed by atoms with van der Waals surface area (Å²) >= 11 is 0. The van der Waals surface area contributed by atoms with Gasteiger partial charge < -0.3 is 18.9 Å². The molecule has 2 aromatic rings. The van der Waals surface area contributed by atoms with Gasteiger partial charge in [-0.1, -0.05) is 24.3 Å². The highest BCUT2D eigenvalue weighted by Crippen LogP contribution is 2.39. The molecule has 0 saturated heterocycles. The average Bonchev–Trinajstić information content (AvgIpc) is 2.64. The molecule has 0 atom stereocenters. The van der Waals surface area contributed by atoms with Crippen LogP contribution >= 0.6 is 0 Å². The molecular weight excluding hydrogens is 306 g/mol. The molecule has 0 amide bonds. The van der Waals surface area contributed by atoms with Crippen LogP contribution in [0.3, 0.4) is 0 Å². The lowest BCUT2D eigenvalue weighted by Gasteiger charge is -2.14. The Labute approximate surface area is 141 Å². The van der Waals surface area contributed by atoms with E-state index < -0.39 is 0 Å². The van der Waals surface area contributed by atoms with Crippen molar-refractivity contribution in [3.05, 3.63) is 53.1 Å². The average molecular weight is 325 g/mol. The molecule has 124 valence electrons. The molecule has 0 fully saturated rings. The first-order valence-electron chi connectivity index (χ1n) is 7.27. The molecule has 0 N–H and O–H groups in total. The first-order chi connectivity index (χ1) is 11.7. The summed E-state index contributed by atoms with van der Waals surface area (Å²) in [4.78, 5) is 0. The van der Waals surface area contributed by atoms with Crippen LogP contribution in [0.15, 0.2) is 36.4 Å². The zero-order chi connectivity index (χ0) is 17.4. The van der Waals surface area contributed by atoms with Gasteiger partial charge in [-0.15, -0.1) is 0 Å². The van der Waals surface area contributed by atoms with Crippen LogP contribution in [0, 0.1) is 11.3 Å². The molecule has 0 aliphatic heterocycles. The summed E-state index contributed by atoms with van der Waals surface area (Å²) in [5.41, 5.74) is 2.53. The number of nitrogens with zero attached hydrogens (tertiary/aromatic N) is 1. The van der Waals surface area contributed by atoms with Crippen LogP contribution in [0.1, 0.15) is 16.7 Å². The predicted octanol–water partition coefficient (Wildman–Crippen LogP) is 3.73. The third-order valence-electron chi connectivity index (χ3n) is 3.31. The van der Waals surface area contributed by atoms with Crippen LogP contribution in [0.2, 0.25) is 0 Å². The van der Waals surface area contributed by atoms with Crippen molar-refractivity contribution in [2.45, 2.75) is 0 Å². The molecular formula is C19H19NO4. The number of ether oxygens (including phenoxy) is 4. The van der Waals surface area contributed by atoms with E-state index in [2.05, 4.69) is 6.07 Å². The molecule has 5 nitrogen and oxygen atoms in total. The Morgan fingerprint density at radius 2 is 1.50 bits per heavy atom. The maximum Gasteiger partial charge on any atom is 0.206 e. The number of hydrogen-bond acceptors (Lipinski definition) is 5. The topological polar surface area (TPSA) is 60.7 Å². The third-order valence-corrected chi connectivity index (χ3v) is 3.31. The van der Waals surface area contributed by atoms with Crippen molar-refractivity contribution in [3.8, 4) is 23.3 Å². The zero-order valence-corrected chi connectivity index (χ0v) is 13.9. The highest BCUT2D eigenvalue weighted by molar-refractivity contribution is 5.72. The van der Waals surface area contributed by atoms with Crippen molar-refractivity contribution in [2.24, 2.45) is 0 Å². The predicted molar refractivity (Wildman–Crippen MR) is 92.1 cm³/mol. The molecule has 24 heavy (non-hydrogen) atoms. The molecule has 5 heteroatoms. The lowest BCUT2D eigenvalue weighted by Crippen LogP contribution is -2.03. The van der Waals surface area contributed by atoms with Crippen LogP contribution in [0.5, 0.6) is 17.2 Å². The van der Waals surface area contributed by atoms with Crippen LogP contribution in [-0.4, -0.2) is 28.1 Å². The molecule has 0 bridgehead atoms. The van der Waals surface area contributed by atoms with Gasteiger partial charge in [0.2, 0.25) is 5.75 Å². The lowest BCUT2D eigenvalue weighted by atomic mass is 10.1. The molecule has 0 unspecified atom stereocenters. The standard InChI is InChI=1S/C19H19NO4/c1-21-13-24-19-17(22-2)10-16(11-18(19)23-3)9-6-14-4-7-15(12-20)8-5-14/h4-11H,13H2,1-3H3/b9-6+. The van der Waals surface area contributed by atoms with Gasteiger partial charge in [-0.05, 0) is 35.4 Å². The maximum atomic E-state index is 8.82. The van der Waals surface area contributed by atoms with Crippen molar-refractivity contribution in [3.63, 3.8) is 0 Å². The van der Waals surface area contributed by atoms with Crippen molar-refractivity contribution >= 4 is 12.2 Å². The smallest absolute Gasteiger partial charge is 0.206 e. The van der Waals surface area contributed by atoms with Gasteiger partial charge in [-0.3, -0.25) is 0 Å². The summed E-state index contributed by atoms with van der Waals surface area (Å²) in [5.74, 6) is 1.62. The Kier molecular flexibility index (Phi) is 6.23. The number of methoxy groups -OCH3 is 3. The zero-order valence-electron chi connectivity index (χ0n) is 13.9. The van der Waals surface area contributed by atoms with Crippen LogP contribution < -0.4 is 14.2 Å². The normalized spacial score (nSPS) is 10.4. The van der Waals surface area contributed by atoms with Gasteiger partial charge in [0.25, 0.3) is 0 Å². The van der Waals surface area contributed by atoms with E-state index in [0.29, 0.717) is 22.8 Å². The molecule has 0 heterocycles. The minimum absolute atomic E-state index is 0.104. The highest BCUT2D eigenvalue weighted by atomic mass is 16.7. The highest BCUT2D eigenvalue weighted by Gasteiger charge is 2.13. The van der Waals surface area contributed by atoms with E-state index >= 15 is 0 Å². The van der Waals surface area contributed by atoms with Crippen molar-refractivity contribution in [2.75, 3.05) is 28.1 Å². The molecule has 0 aliphatic carbocycles. The number of hydrogen-bond donors (Lipinski definition) is 0. The van der Waals surface area contributed by atoms with E-state index in [1.807, 2.05) is 36.4 Å². The summed E-state index contributed by atoms with van der Waals surface area (Å²) in [7, 11) is 4.69. The van der Waals surface area contributed by atoms with Crippen LogP contribution in [0.25, 0.3) is 12.2 Å². The van der Waals surface area contributed by atoms with E-state index in [9.17, 15) is 0 Å². The van der Waals surface area contributed by atoms with E-state index in [-0.39, 0.29) is 6.79 Å². The van der Waals surface area contributed by atoms with Crippen LogP contribution in [0.4, 0.5) is 0 Å². The number of benzene rings is 2. The van der Waals surface area contributed by atoms with Gasteiger partial charge in [-0.25, -0.2) is 0 Å². The monoisotopic (exact) mass is 325 g/mol. The fourth-order valence-electron chi connectivity index (χ4n) is 2.12. The molecule has 0 spiro atoms. The Bertz CT molecular complexity index is 720. The molecule has 0 saturated carbocycles. The molecule has 2 rings (SSSR count). The van der Waals surface area contributed by atoms with Gasteiger partial charge in [0.15, 0.2) is 18.3 Å². The van der Waals surface area contributed by atoms with Crippen LogP contribution in [-0.2, 0) is 4.74 Å². The second kappa shape index (κ2) is 8.61. The third kappa shape index (κ3) is 4.28.